The van der Waals surface area contributed by atoms with E-state index >= 15 is 0 Å². The Balaban J connectivity index is 1.75. The summed E-state index contributed by atoms with van der Waals surface area (Å²) >= 11 is 0. The number of rotatable bonds is 4. The first-order chi connectivity index (χ1) is 8.65. The first-order valence-electron chi connectivity index (χ1n) is 6.53. The molecule has 18 heavy (non-hydrogen) atoms. The van der Waals surface area contributed by atoms with E-state index in [1.54, 1.807) is 12.1 Å². The van der Waals surface area contributed by atoms with E-state index in [1.165, 1.54) is 6.07 Å². The zero-order chi connectivity index (χ0) is 13.0. The van der Waals surface area contributed by atoms with E-state index in [4.69, 9.17) is 5.11 Å². The molecule has 0 aromatic heterocycles. The Labute approximate surface area is 108 Å². The molecule has 0 unspecified atom stereocenters. The van der Waals surface area contributed by atoms with E-state index in [2.05, 4.69) is 16.8 Å². The van der Waals surface area contributed by atoms with Gasteiger partial charge in [-0.3, -0.25) is 0 Å². The van der Waals surface area contributed by atoms with E-state index in [1.807, 2.05) is 0 Å². The maximum atomic E-state index is 13.5. The van der Waals surface area contributed by atoms with Crippen LogP contribution < -0.4 is 0 Å². The van der Waals surface area contributed by atoms with Gasteiger partial charge in [0.2, 0.25) is 0 Å². The van der Waals surface area contributed by atoms with Gasteiger partial charge in [0.25, 0.3) is 0 Å². The third kappa shape index (κ3) is 3.68. The van der Waals surface area contributed by atoms with Crippen molar-refractivity contribution in [3.05, 3.63) is 29.6 Å². The zero-order valence-corrected chi connectivity index (χ0v) is 10.9. The molecule has 1 saturated heterocycles. The van der Waals surface area contributed by atoms with Crippen LogP contribution in [0, 0.1) is 5.82 Å². The normalized spacial score (nSPS) is 18.1. The fourth-order valence-electron chi connectivity index (χ4n) is 2.30. The maximum Gasteiger partial charge on any atom is 0.130 e. The Hall–Kier alpha value is -1.13. The summed E-state index contributed by atoms with van der Waals surface area (Å²) in [6.45, 7) is 5.47. The number of hydrogen-bond acceptors (Lipinski definition) is 3. The number of piperazine rings is 1. The van der Waals surface area contributed by atoms with Gasteiger partial charge in [0.1, 0.15) is 11.6 Å². The molecule has 0 radical (unpaired) electrons. The maximum absolute atomic E-state index is 13.5. The van der Waals surface area contributed by atoms with Gasteiger partial charge in [0.15, 0.2) is 0 Å². The average molecular weight is 252 g/mol. The van der Waals surface area contributed by atoms with Gasteiger partial charge in [-0.1, -0.05) is 6.07 Å². The van der Waals surface area contributed by atoms with Crippen LogP contribution in [0.1, 0.15) is 12.0 Å². The summed E-state index contributed by atoms with van der Waals surface area (Å²) in [5, 5.41) is 9.14. The molecule has 1 aromatic carbocycles. The van der Waals surface area contributed by atoms with E-state index in [0.717, 1.165) is 45.6 Å². The highest BCUT2D eigenvalue weighted by Gasteiger charge is 2.13. The molecule has 0 atom stereocenters. The van der Waals surface area contributed by atoms with Gasteiger partial charge in [-0.2, -0.15) is 0 Å². The molecular weight excluding hydrogens is 231 g/mol. The molecule has 1 aliphatic heterocycles. The summed E-state index contributed by atoms with van der Waals surface area (Å²) in [7, 11) is 2.14. The number of aromatic hydroxyl groups is 1. The zero-order valence-electron chi connectivity index (χ0n) is 10.9. The molecule has 1 aliphatic rings. The second-order valence-corrected chi connectivity index (χ2v) is 5.02. The van der Waals surface area contributed by atoms with Gasteiger partial charge in [-0.15, -0.1) is 0 Å². The first-order valence-corrected chi connectivity index (χ1v) is 6.53. The van der Waals surface area contributed by atoms with Crippen LogP contribution in [0.5, 0.6) is 5.75 Å². The predicted molar refractivity (Wildman–Crippen MR) is 70.3 cm³/mol. The molecule has 0 bridgehead atoms. The number of benzene rings is 1. The minimum Gasteiger partial charge on any atom is -0.508 e. The fourth-order valence-corrected chi connectivity index (χ4v) is 2.30. The standard InChI is InChI=1S/C14H21FN2O/c1-16-7-9-17(10-8-16)6-2-3-12-4-5-13(18)11-14(12)15/h4-5,11,18H,2-3,6-10H2,1H3. The molecule has 3 nitrogen and oxygen atoms in total. The van der Waals surface area contributed by atoms with Gasteiger partial charge >= 0.3 is 0 Å². The molecule has 2 rings (SSSR count). The summed E-state index contributed by atoms with van der Waals surface area (Å²) in [5.41, 5.74) is 0.696. The lowest BCUT2D eigenvalue weighted by Gasteiger charge is -2.32. The summed E-state index contributed by atoms with van der Waals surface area (Å²) in [6, 6.07) is 4.41. The quantitative estimate of drug-likeness (QED) is 0.883. The Morgan fingerprint density at radius 1 is 1.22 bits per heavy atom. The lowest BCUT2D eigenvalue weighted by atomic mass is 10.1. The largest absolute Gasteiger partial charge is 0.508 e. The van der Waals surface area contributed by atoms with Crippen LogP contribution in [0.25, 0.3) is 0 Å². The summed E-state index contributed by atoms with van der Waals surface area (Å²) in [6.07, 6.45) is 1.70. The highest BCUT2D eigenvalue weighted by atomic mass is 19.1. The minimum atomic E-state index is -0.298. The number of halogens is 1. The number of nitrogens with zero attached hydrogens (tertiary/aromatic N) is 2. The predicted octanol–water partition coefficient (Wildman–Crippen LogP) is 1.71. The van der Waals surface area contributed by atoms with Crippen LogP contribution in [0.3, 0.4) is 0 Å². The van der Waals surface area contributed by atoms with Crippen LogP contribution in [-0.2, 0) is 6.42 Å². The summed E-state index contributed by atoms with van der Waals surface area (Å²) in [4.78, 5) is 4.76. The lowest BCUT2D eigenvalue weighted by Crippen LogP contribution is -2.44. The Bertz CT molecular complexity index is 389. The second-order valence-electron chi connectivity index (χ2n) is 5.02. The molecular formula is C14H21FN2O. The van der Waals surface area contributed by atoms with Gasteiger partial charge in [0.05, 0.1) is 0 Å². The summed E-state index contributed by atoms with van der Waals surface area (Å²) in [5.74, 6) is -0.302. The number of hydrogen-bond donors (Lipinski definition) is 1. The third-order valence-electron chi connectivity index (χ3n) is 3.55. The first kappa shape index (κ1) is 13.3. The Kier molecular flexibility index (Phi) is 4.55. The van der Waals surface area contributed by atoms with Crippen LogP contribution in [0.15, 0.2) is 18.2 Å². The second kappa shape index (κ2) is 6.16. The molecule has 0 amide bonds. The highest BCUT2D eigenvalue weighted by Crippen LogP contribution is 2.16. The van der Waals surface area contributed by atoms with E-state index < -0.39 is 0 Å². The molecule has 100 valence electrons. The molecule has 0 saturated carbocycles. The fraction of sp³-hybridized carbons (Fsp3) is 0.571. The molecule has 0 aliphatic carbocycles. The number of aryl methyl sites for hydroxylation is 1. The van der Waals surface area contributed by atoms with Crippen molar-refractivity contribution in [3.63, 3.8) is 0 Å². The average Bonchev–Trinajstić information content (AvgIpc) is 2.34. The molecule has 1 N–H and O–H groups in total. The summed E-state index contributed by atoms with van der Waals surface area (Å²) < 4.78 is 13.5. The van der Waals surface area contributed by atoms with Crippen molar-refractivity contribution in [3.8, 4) is 5.75 Å². The van der Waals surface area contributed by atoms with Crippen molar-refractivity contribution in [2.45, 2.75) is 12.8 Å². The Morgan fingerprint density at radius 3 is 2.61 bits per heavy atom. The van der Waals surface area contributed by atoms with Crippen molar-refractivity contribution < 1.29 is 9.50 Å². The minimum absolute atomic E-state index is 0.00434. The van der Waals surface area contributed by atoms with Gasteiger partial charge in [-0.25, -0.2) is 4.39 Å². The Morgan fingerprint density at radius 2 is 1.94 bits per heavy atom. The number of phenols is 1. The van der Waals surface area contributed by atoms with E-state index in [-0.39, 0.29) is 11.6 Å². The molecule has 0 spiro atoms. The van der Waals surface area contributed by atoms with Crippen LogP contribution in [0.2, 0.25) is 0 Å². The monoisotopic (exact) mass is 252 g/mol. The molecule has 1 fully saturated rings. The SMILES string of the molecule is CN1CCN(CCCc2ccc(O)cc2F)CC1. The third-order valence-corrected chi connectivity index (χ3v) is 3.55. The van der Waals surface area contributed by atoms with Crippen molar-refractivity contribution >= 4 is 0 Å². The lowest BCUT2D eigenvalue weighted by molar-refractivity contribution is 0.153. The molecule has 4 heteroatoms. The van der Waals surface area contributed by atoms with Gasteiger partial charge < -0.3 is 14.9 Å². The molecule has 1 aromatic rings. The number of phenolic OH excluding ortho intramolecular Hbond substituents is 1. The highest BCUT2D eigenvalue weighted by molar-refractivity contribution is 5.27. The van der Waals surface area contributed by atoms with Crippen molar-refractivity contribution in [1.82, 2.24) is 9.80 Å². The smallest absolute Gasteiger partial charge is 0.130 e. The van der Waals surface area contributed by atoms with Gasteiger partial charge in [0, 0.05) is 32.2 Å². The van der Waals surface area contributed by atoms with E-state index in [9.17, 15) is 4.39 Å². The van der Waals surface area contributed by atoms with Crippen LogP contribution in [-0.4, -0.2) is 54.7 Å². The van der Waals surface area contributed by atoms with Crippen molar-refractivity contribution in [1.29, 1.82) is 0 Å². The van der Waals surface area contributed by atoms with Gasteiger partial charge in [-0.05, 0) is 38.1 Å². The van der Waals surface area contributed by atoms with Crippen LogP contribution in [0.4, 0.5) is 4.39 Å². The van der Waals surface area contributed by atoms with Crippen molar-refractivity contribution in [2.75, 3.05) is 39.8 Å². The van der Waals surface area contributed by atoms with Crippen molar-refractivity contribution in [2.24, 2.45) is 0 Å². The number of likely N-dealkylation sites (N-methyl/N-ethyl adjacent to an activating group) is 1. The molecule has 1 heterocycles. The topological polar surface area (TPSA) is 26.7 Å². The van der Waals surface area contributed by atoms with E-state index in [0.29, 0.717) is 5.56 Å². The van der Waals surface area contributed by atoms with Crippen LogP contribution >= 0.6 is 0 Å².